The van der Waals surface area contributed by atoms with Crippen molar-refractivity contribution in [1.82, 2.24) is 0 Å². The van der Waals surface area contributed by atoms with E-state index < -0.39 is 38.6 Å². The molecule has 0 aromatic heterocycles. The Morgan fingerprint density at radius 3 is 1.85 bits per heavy atom. The lowest BCUT2D eigenvalue weighted by molar-refractivity contribution is -0.870. The average Bonchev–Trinajstić information content (AvgIpc) is 3.13. The van der Waals surface area contributed by atoms with E-state index in [1.165, 1.54) is 83.5 Å². The fraction of sp³-hybridized carbons (Fsp3) is 0.773. The van der Waals surface area contributed by atoms with Crippen LogP contribution in [0.5, 0.6) is 0 Å². The number of hydrogen-bond acceptors (Lipinski definition) is 8. The molecule has 11 heteroatoms. The van der Waals surface area contributed by atoms with Gasteiger partial charge >= 0.3 is 19.8 Å². The van der Waals surface area contributed by atoms with Crippen molar-refractivity contribution in [2.24, 2.45) is 0 Å². The molecule has 0 aliphatic carbocycles. The second-order valence-corrected chi connectivity index (χ2v) is 17.0. The standard InChI is InChI=1S/C44H80NO9P/c1-6-8-10-12-14-16-18-19-20-22-24-26-31-35-43(47)51-39-42(40-53-55(49,50)52-38-37-45(3,4)5)54-44(48)36-32-28-27-30-34-41(46)33-29-25-23-21-17-15-13-11-9-7-2/h15,17,23,25,27,29-30,33,41-42,46H,6-14,16,18-22,24,26,28,31-32,34-40H2,1-5H3/p+1/t41?,42-/m1/s1. The molecule has 320 valence electrons. The van der Waals surface area contributed by atoms with Gasteiger partial charge < -0.3 is 24.0 Å². The van der Waals surface area contributed by atoms with Crippen molar-refractivity contribution in [3.8, 4) is 0 Å². The van der Waals surface area contributed by atoms with E-state index in [1.54, 1.807) is 6.08 Å². The van der Waals surface area contributed by atoms with E-state index in [2.05, 4.69) is 32.1 Å². The lowest BCUT2D eigenvalue weighted by Crippen LogP contribution is -2.37. The lowest BCUT2D eigenvalue weighted by atomic mass is 10.0. The predicted octanol–water partition coefficient (Wildman–Crippen LogP) is 10.9. The Hall–Kier alpha value is -2.07. The normalized spacial score (nSPS) is 14.7. The van der Waals surface area contributed by atoms with Gasteiger partial charge in [-0.2, -0.15) is 0 Å². The maximum absolute atomic E-state index is 12.7. The number of rotatable bonds is 38. The Morgan fingerprint density at radius 1 is 0.655 bits per heavy atom. The van der Waals surface area contributed by atoms with Crippen LogP contribution in [0.25, 0.3) is 0 Å². The van der Waals surface area contributed by atoms with E-state index in [-0.39, 0.29) is 26.1 Å². The molecule has 0 heterocycles. The molecule has 2 N–H and O–H groups in total. The molecule has 0 amide bonds. The van der Waals surface area contributed by atoms with Crippen LogP contribution in [0.15, 0.2) is 48.6 Å². The van der Waals surface area contributed by atoms with Crippen molar-refractivity contribution in [2.45, 2.75) is 174 Å². The molecule has 0 aliphatic heterocycles. The number of nitrogens with zero attached hydrogens (tertiary/aromatic N) is 1. The molecule has 0 aromatic rings. The maximum atomic E-state index is 12.7. The minimum atomic E-state index is -4.41. The van der Waals surface area contributed by atoms with E-state index in [9.17, 15) is 24.2 Å². The first kappa shape index (κ1) is 52.9. The number of carbonyl (C=O) groups is 2. The van der Waals surface area contributed by atoms with E-state index in [0.29, 0.717) is 30.3 Å². The zero-order chi connectivity index (χ0) is 40.9. The second-order valence-electron chi connectivity index (χ2n) is 15.6. The summed E-state index contributed by atoms with van der Waals surface area (Å²) >= 11 is 0. The number of likely N-dealkylation sites (N-methyl/N-ethyl adjacent to an activating group) is 1. The fourth-order valence-electron chi connectivity index (χ4n) is 5.50. The molecule has 10 nitrogen and oxygen atoms in total. The van der Waals surface area contributed by atoms with Crippen molar-refractivity contribution >= 4 is 19.8 Å². The van der Waals surface area contributed by atoms with Gasteiger partial charge in [-0.25, -0.2) is 4.57 Å². The number of quaternary nitrogens is 1. The third-order valence-electron chi connectivity index (χ3n) is 8.94. The molecule has 0 radical (unpaired) electrons. The summed E-state index contributed by atoms with van der Waals surface area (Å²) < 4.78 is 34.1. The Morgan fingerprint density at radius 2 is 1.22 bits per heavy atom. The first-order chi connectivity index (χ1) is 26.4. The largest absolute Gasteiger partial charge is 0.472 e. The van der Waals surface area contributed by atoms with Crippen LogP contribution < -0.4 is 0 Å². The summed E-state index contributed by atoms with van der Waals surface area (Å²) in [5, 5.41) is 10.2. The van der Waals surface area contributed by atoms with Gasteiger partial charge in [0, 0.05) is 12.8 Å². The van der Waals surface area contributed by atoms with Crippen molar-refractivity contribution in [3.63, 3.8) is 0 Å². The number of unbranched alkanes of at least 4 members (excludes halogenated alkanes) is 16. The highest BCUT2D eigenvalue weighted by molar-refractivity contribution is 7.47. The number of ether oxygens (including phenoxy) is 2. The molecule has 0 aromatic carbocycles. The first-order valence-electron chi connectivity index (χ1n) is 21.5. The number of aliphatic hydroxyl groups excluding tert-OH is 1. The minimum absolute atomic E-state index is 0.00481. The van der Waals surface area contributed by atoms with Gasteiger partial charge in [0.25, 0.3) is 0 Å². The molecular formula is C44H81NO9P+. The van der Waals surface area contributed by atoms with Gasteiger partial charge in [0.15, 0.2) is 6.10 Å². The average molecular weight is 799 g/mol. The van der Waals surface area contributed by atoms with Crippen LogP contribution in [0.4, 0.5) is 0 Å². The Balaban J connectivity index is 4.57. The highest BCUT2D eigenvalue weighted by Gasteiger charge is 2.27. The SMILES string of the molecule is CCCCCC=CCC=CC=CC(O)CC=CCCCC(=O)O[C@H](COC(=O)CCCCCCCCCCCCCCC)COP(=O)(O)OCC[N+](C)(C)C. The van der Waals surface area contributed by atoms with E-state index >= 15 is 0 Å². The third-order valence-corrected chi connectivity index (χ3v) is 9.93. The highest BCUT2D eigenvalue weighted by atomic mass is 31.2. The maximum Gasteiger partial charge on any atom is 0.472 e. The summed E-state index contributed by atoms with van der Waals surface area (Å²) in [7, 11) is 1.38. The number of carbonyl (C=O) groups excluding carboxylic acids is 2. The topological polar surface area (TPSA) is 129 Å². The predicted molar refractivity (Wildman–Crippen MR) is 226 cm³/mol. The van der Waals surface area contributed by atoms with Crippen LogP contribution in [0, 0.1) is 0 Å². The molecule has 0 aliphatic rings. The second kappa shape index (κ2) is 36.3. The van der Waals surface area contributed by atoms with Crippen LogP contribution >= 0.6 is 7.82 Å². The summed E-state index contributed by atoms with van der Waals surface area (Å²) in [6.07, 6.45) is 37.5. The third kappa shape index (κ3) is 39.9. The molecule has 0 bridgehead atoms. The molecule has 55 heavy (non-hydrogen) atoms. The van der Waals surface area contributed by atoms with Crippen LogP contribution in [-0.4, -0.2) is 86.1 Å². The number of phosphoric acid groups is 1. The van der Waals surface area contributed by atoms with Crippen LogP contribution in [0.2, 0.25) is 0 Å². The van der Waals surface area contributed by atoms with Gasteiger partial charge in [0.05, 0.1) is 33.9 Å². The number of phosphoric ester groups is 1. The fourth-order valence-corrected chi connectivity index (χ4v) is 6.24. The quantitative estimate of drug-likeness (QED) is 0.0157. The van der Waals surface area contributed by atoms with E-state index in [0.717, 1.165) is 32.1 Å². The van der Waals surface area contributed by atoms with Crippen LogP contribution in [-0.2, 0) is 32.7 Å². The summed E-state index contributed by atoms with van der Waals surface area (Å²) in [5.41, 5.74) is 0. The molecule has 0 spiro atoms. The van der Waals surface area contributed by atoms with Crippen LogP contribution in [0.1, 0.15) is 162 Å². The van der Waals surface area contributed by atoms with Crippen molar-refractivity contribution in [3.05, 3.63) is 48.6 Å². The summed E-state index contributed by atoms with van der Waals surface area (Å²) in [5.74, 6) is -0.933. The summed E-state index contributed by atoms with van der Waals surface area (Å²) in [6, 6.07) is 0. The molecule has 3 atom stereocenters. The molecule has 0 fully saturated rings. The first-order valence-corrected chi connectivity index (χ1v) is 23.0. The summed E-state index contributed by atoms with van der Waals surface area (Å²) in [4.78, 5) is 35.3. The molecule has 0 saturated heterocycles. The highest BCUT2D eigenvalue weighted by Crippen LogP contribution is 2.43. The zero-order valence-corrected chi connectivity index (χ0v) is 36.4. The van der Waals surface area contributed by atoms with Gasteiger partial charge in [0.1, 0.15) is 19.8 Å². The van der Waals surface area contributed by atoms with Crippen molar-refractivity contribution in [2.75, 3.05) is 47.5 Å². The number of hydrogen-bond donors (Lipinski definition) is 2. The number of esters is 2. The van der Waals surface area contributed by atoms with Crippen molar-refractivity contribution < 1.29 is 47.2 Å². The smallest absolute Gasteiger partial charge is 0.462 e. The van der Waals surface area contributed by atoms with Gasteiger partial charge in [-0.3, -0.25) is 18.6 Å². The van der Waals surface area contributed by atoms with Gasteiger partial charge in [-0.1, -0.05) is 152 Å². The number of aliphatic hydroxyl groups is 1. The lowest BCUT2D eigenvalue weighted by Gasteiger charge is -2.24. The van der Waals surface area contributed by atoms with Crippen molar-refractivity contribution in [1.29, 1.82) is 0 Å². The minimum Gasteiger partial charge on any atom is -0.462 e. The van der Waals surface area contributed by atoms with Gasteiger partial charge in [-0.05, 0) is 44.9 Å². The molecule has 0 saturated carbocycles. The Bertz CT molecular complexity index is 1100. The molecule has 2 unspecified atom stereocenters. The van der Waals surface area contributed by atoms with Gasteiger partial charge in [-0.15, -0.1) is 0 Å². The summed E-state index contributed by atoms with van der Waals surface area (Å²) in [6.45, 7) is 4.21. The molecule has 0 rings (SSSR count). The van der Waals surface area contributed by atoms with Crippen LogP contribution in [0.3, 0.4) is 0 Å². The van der Waals surface area contributed by atoms with E-state index in [4.69, 9.17) is 18.5 Å². The zero-order valence-electron chi connectivity index (χ0n) is 35.5. The Kier molecular flexibility index (Phi) is 34.9. The van der Waals surface area contributed by atoms with E-state index in [1.807, 2.05) is 45.4 Å². The monoisotopic (exact) mass is 799 g/mol. The Labute approximate surface area is 336 Å². The molecular weight excluding hydrogens is 717 g/mol. The number of allylic oxidation sites excluding steroid dienone is 6. The van der Waals surface area contributed by atoms with Gasteiger partial charge in [0.2, 0.25) is 0 Å².